The number of pyridine rings is 1. The average Bonchev–Trinajstić information content (AvgIpc) is 2.23. The van der Waals surface area contributed by atoms with Gasteiger partial charge in [0.15, 0.2) is 0 Å². The Morgan fingerprint density at radius 1 is 1.40 bits per heavy atom. The van der Waals surface area contributed by atoms with Gasteiger partial charge in [-0.25, -0.2) is 4.39 Å². The monoisotopic (exact) mass is 269 g/mol. The minimum Gasteiger partial charge on any atom is -0.423 e. The van der Waals surface area contributed by atoms with Gasteiger partial charge in [0, 0.05) is 21.5 Å². The van der Waals surface area contributed by atoms with Crippen molar-refractivity contribution in [3.63, 3.8) is 0 Å². The van der Waals surface area contributed by atoms with Crippen LogP contribution in [0.5, 0.6) is 0 Å². The molecule has 0 bridgehead atoms. The van der Waals surface area contributed by atoms with Gasteiger partial charge in [-0.15, -0.1) is 0 Å². The van der Waals surface area contributed by atoms with Crippen molar-refractivity contribution in [2.75, 3.05) is 0 Å². The zero-order chi connectivity index (χ0) is 11.0. The van der Waals surface area contributed by atoms with Gasteiger partial charge in [-0.2, -0.15) is 0 Å². The summed E-state index contributed by atoms with van der Waals surface area (Å²) in [5.41, 5.74) is -0.0666. The standard InChI is InChI=1S/C9H6BBrFNO2/c11-7-4-6(10(14)15)8(12)9-5(7)2-1-3-13-9/h1-4,14-15H. The lowest BCUT2D eigenvalue weighted by atomic mass is 9.79. The van der Waals surface area contributed by atoms with E-state index in [1.165, 1.54) is 12.3 Å². The number of hydrogen-bond acceptors (Lipinski definition) is 3. The fourth-order valence-corrected chi connectivity index (χ4v) is 1.94. The third kappa shape index (κ3) is 1.76. The van der Waals surface area contributed by atoms with Crippen molar-refractivity contribution in [1.82, 2.24) is 4.98 Å². The van der Waals surface area contributed by atoms with Crippen LogP contribution in [-0.2, 0) is 0 Å². The summed E-state index contributed by atoms with van der Waals surface area (Å²) >= 11 is 3.22. The Bertz CT molecular complexity index is 521. The van der Waals surface area contributed by atoms with Gasteiger partial charge >= 0.3 is 7.12 Å². The average molecular weight is 270 g/mol. The molecular formula is C9H6BBrFNO2. The van der Waals surface area contributed by atoms with Gasteiger partial charge in [-0.1, -0.05) is 22.0 Å². The van der Waals surface area contributed by atoms with E-state index in [0.29, 0.717) is 9.86 Å². The van der Waals surface area contributed by atoms with Crippen molar-refractivity contribution in [2.24, 2.45) is 0 Å². The molecule has 1 heterocycles. The van der Waals surface area contributed by atoms with Gasteiger partial charge < -0.3 is 10.0 Å². The molecule has 0 radical (unpaired) electrons. The summed E-state index contributed by atoms with van der Waals surface area (Å²) in [5.74, 6) is -0.705. The van der Waals surface area contributed by atoms with Crippen molar-refractivity contribution < 1.29 is 14.4 Å². The largest absolute Gasteiger partial charge is 0.491 e. The van der Waals surface area contributed by atoms with Crippen molar-refractivity contribution in [1.29, 1.82) is 0 Å². The Balaban J connectivity index is 2.84. The van der Waals surface area contributed by atoms with E-state index in [4.69, 9.17) is 10.0 Å². The summed E-state index contributed by atoms with van der Waals surface area (Å²) in [6, 6.07) is 4.72. The molecule has 0 unspecified atom stereocenters. The lowest BCUT2D eigenvalue weighted by Crippen LogP contribution is -2.33. The summed E-state index contributed by atoms with van der Waals surface area (Å²) in [5, 5.41) is 18.5. The van der Waals surface area contributed by atoms with E-state index in [1.54, 1.807) is 12.1 Å². The minimum atomic E-state index is -1.84. The first kappa shape index (κ1) is 10.5. The van der Waals surface area contributed by atoms with Crippen LogP contribution in [0, 0.1) is 5.82 Å². The van der Waals surface area contributed by atoms with Gasteiger partial charge in [0.05, 0.1) is 0 Å². The lowest BCUT2D eigenvalue weighted by molar-refractivity contribution is 0.423. The number of rotatable bonds is 1. The molecule has 15 heavy (non-hydrogen) atoms. The van der Waals surface area contributed by atoms with E-state index < -0.39 is 12.9 Å². The first-order valence-electron chi connectivity index (χ1n) is 4.20. The van der Waals surface area contributed by atoms with Crippen molar-refractivity contribution in [3.05, 3.63) is 34.7 Å². The molecule has 0 fully saturated rings. The molecule has 2 rings (SSSR count). The SMILES string of the molecule is OB(O)c1cc(Br)c2cccnc2c1F. The maximum Gasteiger partial charge on any atom is 0.491 e. The molecular weight excluding hydrogens is 264 g/mol. The Morgan fingerprint density at radius 2 is 2.13 bits per heavy atom. The number of aromatic nitrogens is 1. The van der Waals surface area contributed by atoms with Crippen molar-refractivity contribution in [2.45, 2.75) is 0 Å². The van der Waals surface area contributed by atoms with Crippen LogP contribution in [0.2, 0.25) is 0 Å². The summed E-state index contributed by atoms with van der Waals surface area (Å²) in [7, 11) is -1.84. The first-order valence-corrected chi connectivity index (χ1v) is 4.99. The van der Waals surface area contributed by atoms with Crippen LogP contribution >= 0.6 is 15.9 Å². The predicted molar refractivity (Wildman–Crippen MR) is 59.2 cm³/mol. The van der Waals surface area contributed by atoms with Gasteiger partial charge in [0.25, 0.3) is 0 Å². The smallest absolute Gasteiger partial charge is 0.423 e. The molecule has 0 saturated heterocycles. The second-order valence-corrected chi connectivity index (χ2v) is 3.89. The number of nitrogens with zero attached hydrogens (tertiary/aromatic N) is 1. The number of hydrogen-bond donors (Lipinski definition) is 2. The van der Waals surface area contributed by atoms with E-state index in [-0.39, 0.29) is 11.0 Å². The number of halogens is 2. The number of fused-ring (bicyclic) bond motifs is 1. The summed E-state index contributed by atoms with van der Waals surface area (Å²) in [6.45, 7) is 0. The quantitative estimate of drug-likeness (QED) is 0.754. The van der Waals surface area contributed by atoms with E-state index in [1.807, 2.05) is 0 Å². The molecule has 3 nitrogen and oxygen atoms in total. The molecule has 0 atom stereocenters. The van der Waals surface area contributed by atoms with E-state index in [2.05, 4.69) is 20.9 Å². The maximum absolute atomic E-state index is 13.7. The van der Waals surface area contributed by atoms with Gasteiger partial charge in [-0.05, 0) is 12.1 Å². The summed E-state index contributed by atoms with van der Waals surface area (Å²) < 4.78 is 14.3. The highest BCUT2D eigenvalue weighted by atomic mass is 79.9. The van der Waals surface area contributed by atoms with E-state index in [9.17, 15) is 4.39 Å². The van der Waals surface area contributed by atoms with E-state index in [0.717, 1.165) is 0 Å². The molecule has 6 heteroatoms. The minimum absolute atomic E-state index is 0.120. The Labute approximate surface area is 93.8 Å². The highest BCUT2D eigenvalue weighted by Crippen LogP contribution is 2.23. The highest BCUT2D eigenvalue weighted by molar-refractivity contribution is 9.10. The summed E-state index contributed by atoms with van der Waals surface area (Å²) in [6.07, 6.45) is 1.45. The van der Waals surface area contributed by atoms with Crippen LogP contribution in [0.1, 0.15) is 0 Å². The Kier molecular flexibility index (Phi) is 2.73. The van der Waals surface area contributed by atoms with Crippen LogP contribution in [-0.4, -0.2) is 22.2 Å². The molecule has 76 valence electrons. The molecule has 0 aliphatic rings. The zero-order valence-electron chi connectivity index (χ0n) is 7.48. The lowest BCUT2D eigenvalue weighted by Gasteiger charge is -2.06. The van der Waals surface area contributed by atoms with Crippen LogP contribution < -0.4 is 5.46 Å². The fourth-order valence-electron chi connectivity index (χ4n) is 1.38. The van der Waals surface area contributed by atoms with Crippen LogP contribution in [0.4, 0.5) is 4.39 Å². The molecule has 0 spiro atoms. The van der Waals surface area contributed by atoms with E-state index >= 15 is 0 Å². The maximum atomic E-state index is 13.7. The second-order valence-electron chi connectivity index (χ2n) is 3.03. The predicted octanol–water partition coefficient (Wildman–Crippen LogP) is 0.816. The third-order valence-corrected chi connectivity index (χ3v) is 2.74. The third-order valence-electron chi connectivity index (χ3n) is 2.09. The Morgan fingerprint density at radius 3 is 2.80 bits per heavy atom. The van der Waals surface area contributed by atoms with Gasteiger partial charge in [0.2, 0.25) is 0 Å². The molecule has 1 aromatic heterocycles. The number of benzene rings is 1. The van der Waals surface area contributed by atoms with Crippen LogP contribution in [0.3, 0.4) is 0 Å². The summed E-state index contributed by atoms with van der Waals surface area (Å²) in [4.78, 5) is 3.86. The second kappa shape index (κ2) is 3.88. The van der Waals surface area contributed by atoms with Gasteiger partial charge in [-0.3, -0.25) is 4.98 Å². The highest BCUT2D eigenvalue weighted by Gasteiger charge is 2.20. The van der Waals surface area contributed by atoms with Crippen molar-refractivity contribution >= 4 is 39.4 Å². The molecule has 0 amide bonds. The van der Waals surface area contributed by atoms with Crippen LogP contribution in [0.15, 0.2) is 28.9 Å². The van der Waals surface area contributed by atoms with Crippen LogP contribution in [0.25, 0.3) is 10.9 Å². The molecule has 2 aromatic rings. The molecule has 1 aromatic carbocycles. The Hall–Kier alpha value is -0.975. The zero-order valence-corrected chi connectivity index (χ0v) is 9.07. The van der Waals surface area contributed by atoms with Gasteiger partial charge in [0.1, 0.15) is 11.3 Å². The molecule has 0 saturated carbocycles. The molecule has 2 N–H and O–H groups in total. The normalized spacial score (nSPS) is 10.7. The van der Waals surface area contributed by atoms with Crippen molar-refractivity contribution in [3.8, 4) is 0 Å². The topological polar surface area (TPSA) is 53.4 Å². The molecule has 0 aliphatic carbocycles. The molecule has 0 aliphatic heterocycles. The fraction of sp³-hybridized carbons (Fsp3) is 0. The first-order chi connectivity index (χ1) is 7.11.